The summed E-state index contributed by atoms with van der Waals surface area (Å²) in [6, 6.07) is 1.62. The number of hydrogen-bond acceptors (Lipinski definition) is 1. The van der Waals surface area contributed by atoms with E-state index in [0.717, 1.165) is 23.2 Å². The summed E-state index contributed by atoms with van der Waals surface area (Å²) >= 11 is 0. The fraction of sp³-hybridized carbons (Fsp3) is 1.00. The van der Waals surface area contributed by atoms with Gasteiger partial charge in [-0.25, -0.2) is 0 Å². The Labute approximate surface area is 84.1 Å². The molecule has 2 rings (SSSR count). The van der Waals surface area contributed by atoms with E-state index >= 15 is 0 Å². The molecule has 0 amide bonds. The monoisotopic (exact) mass is 199 g/mol. The molecule has 76 valence electrons. The zero-order chi connectivity index (χ0) is 9.64. The van der Waals surface area contributed by atoms with Crippen LogP contribution >= 0.6 is 8.58 Å². The molecule has 0 bridgehead atoms. The van der Waals surface area contributed by atoms with Gasteiger partial charge in [0.1, 0.15) is 0 Å². The van der Waals surface area contributed by atoms with Gasteiger partial charge < -0.3 is 0 Å². The Morgan fingerprint density at radius 1 is 1.31 bits per heavy atom. The third-order valence-electron chi connectivity index (χ3n) is 3.62. The van der Waals surface area contributed by atoms with Crippen molar-refractivity contribution in [2.45, 2.75) is 51.4 Å². The highest BCUT2D eigenvalue weighted by atomic mass is 31.1. The van der Waals surface area contributed by atoms with Gasteiger partial charge in [0.05, 0.1) is 0 Å². The van der Waals surface area contributed by atoms with E-state index in [2.05, 4.69) is 32.6 Å². The summed E-state index contributed by atoms with van der Waals surface area (Å²) in [5, 5.41) is 0.805. The van der Waals surface area contributed by atoms with E-state index < -0.39 is 0 Å². The van der Waals surface area contributed by atoms with Gasteiger partial charge >= 0.3 is 0 Å². The van der Waals surface area contributed by atoms with Gasteiger partial charge in [0, 0.05) is 23.8 Å². The molecule has 0 aromatic heterocycles. The number of hydrogen-bond donors (Lipinski definition) is 0. The Kier molecular flexibility index (Phi) is 2.45. The number of likely N-dealkylation sites (tertiary alicyclic amines) is 1. The first kappa shape index (κ1) is 9.93. The fourth-order valence-corrected chi connectivity index (χ4v) is 3.77. The molecule has 2 fully saturated rings. The number of nitrogens with zero attached hydrogens (tertiary/aromatic N) is 1. The lowest BCUT2D eigenvalue weighted by Gasteiger charge is -2.30. The molecule has 0 aromatic rings. The van der Waals surface area contributed by atoms with E-state index in [1.54, 1.807) is 0 Å². The van der Waals surface area contributed by atoms with Crippen LogP contribution in [0.1, 0.15) is 34.1 Å². The van der Waals surface area contributed by atoms with Crippen molar-refractivity contribution >= 4 is 8.58 Å². The maximum Gasteiger partial charge on any atom is 0.0130 e. The standard InChI is InChI=1S/C11H22NP/c1-8(2)10-5-11(7-13-11)6-12(10)9(3)4/h8-10,13H,5-7H2,1-4H3. The van der Waals surface area contributed by atoms with Crippen LogP contribution in [0, 0.1) is 5.92 Å². The predicted molar refractivity (Wildman–Crippen MR) is 61.0 cm³/mol. The van der Waals surface area contributed by atoms with Crippen LogP contribution in [0.3, 0.4) is 0 Å². The second-order valence-electron chi connectivity index (χ2n) is 5.42. The molecular formula is C11H22NP. The summed E-state index contributed by atoms with van der Waals surface area (Å²) < 4.78 is 0. The van der Waals surface area contributed by atoms with E-state index in [1.165, 1.54) is 27.7 Å². The average molecular weight is 199 g/mol. The summed E-state index contributed by atoms with van der Waals surface area (Å²) in [5.41, 5.74) is 0. The summed E-state index contributed by atoms with van der Waals surface area (Å²) in [6.45, 7) is 10.8. The van der Waals surface area contributed by atoms with Crippen molar-refractivity contribution in [3.05, 3.63) is 0 Å². The lowest BCUT2D eigenvalue weighted by atomic mass is 9.98. The Morgan fingerprint density at radius 2 is 1.92 bits per heavy atom. The van der Waals surface area contributed by atoms with Crippen molar-refractivity contribution < 1.29 is 0 Å². The molecule has 0 aliphatic carbocycles. The lowest BCUT2D eigenvalue weighted by Crippen LogP contribution is -2.38. The summed E-state index contributed by atoms with van der Waals surface area (Å²) in [4.78, 5) is 2.74. The van der Waals surface area contributed by atoms with Crippen molar-refractivity contribution in [1.29, 1.82) is 0 Å². The van der Waals surface area contributed by atoms with Crippen LogP contribution < -0.4 is 0 Å². The maximum absolute atomic E-state index is 2.74. The van der Waals surface area contributed by atoms with Gasteiger partial charge in [0.25, 0.3) is 0 Å². The molecule has 3 atom stereocenters. The van der Waals surface area contributed by atoms with Crippen molar-refractivity contribution in [2.75, 3.05) is 12.7 Å². The van der Waals surface area contributed by atoms with Gasteiger partial charge in [0.15, 0.2) is 0 Å². The van der Waals surface area contributed by atoms with Crippen LogP contribution in [0.5, 0.6) is 0 Å². The van der Waals surface area contributed by atoms with Gasteiger partial charge in [0.2, 0.25) is 0 Å². The van der Waals surface area contributed by atoms with E-state index in [1.807, 2.05) is 0 Å². The van der Waals surface area contributed by atoms with Gasteiger partial charge in [-0.2, -0.15) is 0 Å². The third-order valence-corrected chi connectivity index (χ3v) is 5.34. The zero-order valence-corrected chi connectivity index (χ0v) is 10.3. The smallest absolute Gasteiger partial charge is 0.0130 e. The van der Waals surface area contributed by atoms with Crippen LogP contribution in [0.2, 0.25) is 0 Å². The molecule has 1 spiro atoms. The van der Waals surface area contributed by atoms with Crippen LogP contribution in [0.4, 0.5) is 0 Å². The van der Waals surface area contributed by atoms with Crippen molar-refractivity contribution in [3.63, 3.8) is 0 Å². The van der Waals surface area contributed by atoms with Crippen molar-refractivity contribution in [3.8, 4) is 0 Å². The molecule has 2 saturated heterocycles. The molecule has 0 N–H and O–H groups in total. The SMILES string of the molecule is CC(C)C1CC2(CP2)CN1C(C)C. The Bertz CT molecular complexity index is 178. The fourth-order valence-electron chi connectivity index (χ4n) is 2.61. The Morgan fingerprint density at radius 3 is 2.23 bits per heavy atom. The van der Waals surface area contributed by atoms with Gasteiger partial charge in [-0.05, 0) is 32.3 Å². The quantitative estimate of drug-likeness (QED) is 0.618. The first-order valence-electron chi connectivity index (χ1n) is 5.55. The molecule has 0 radical (unpaired) electrons. The topological polar surface area (TPSA) is 3.24 Å². The summed E-state index contributed by atoms with van der Waals surface area (Å²) in [5.74, 6) is 0.840. The van der Waals surface area contributed by atoms with Gasteiger partial charge in [-0.1, -0.05) is 13.8 Å². The second-order valence-corrected chi connectivity index (χ2v) is 7.18. The highest BCUT2D eigenvalue weighted by Gasteiger charge is 2.52. The van der Waals surface area contributed by atoms with E-state index in [0.29, 0.717) is 0 Å². The maximum atomic E-state index is 2.74. The van der Waals surface area contributed by atoms with Crippen LogP contribution in [0.25, 0.3) is 0 Å². The van der Waals surface area contributed by atoms with Crippen molar-refractivity contribution in [2.24, 2.45) is 5.92 Å². The Hall–Kier alpha value is 0.390. The first-order chi connectivity index (χ1) is 6.04. The summed E-state index contributed by atoms with van der Waals surface area (Å²) in [7, 11) is 1.27. The van der Waals surface area contributed by atoms with E-state index in [9.17, 15) is 0 Å². The highest BCUT2D eigenvalue weighted by molar-refractivity contribution is 7.49. The summed E-state index contributed by atoms with van der Waals surface area (Å²) in [6.07, 6.45) is 3.01. The molecule has 0 saturated carbocycles. The molecule has 13 heavy (non-hydrogen) atoms. The van der Waals surface area contributed by atoms with Crippen LogP contribution in [-0.2, 0) is 0 Å². The minimum Gasteiger partial charge on any atom is -0.297 e. The molecule has 2 aliphatic rings. The van der Waals surface area contributed by atoms with Crippen molar-refractivity contribution in [1.82, 2.24) is 4.90 Å². The first-order valence-corrected chi connectivity index (χ1v) is 6.75. The molecular weight excluding hydrogens is 177 g/mol. The lowest BCUT2D eigenvalue weighted by molar-refractivity contribution is 0.165. The van der Waals surface area contributed by atoms with Gasteiger partial charge in [-0.3, -0.25) is 4.90 Å². The second kappa shape index (κ2) is 3.21. The molecule has 3 unspecified atom stereocenters. The zero-order valence-electron chi connectivity index (χ0n) is 9.30. The molecule has 1 nitrogen and oxygen atoms in total. The van der Waals surface area contributed by atoms with Crippen LogP contribution in [0.15, 0.2) is 0 Å². The highest BCUT2D eigenvalue weighted by Crippen LogP contribution is 2.59. The van der Waals surface area contributed by atoms with Crippen LogP contribution in [-0.4, -0.2) is 34.8 Å². The van der Waals surface area contributed by atoms with E-state index in [-0.39, 0.29) is 0 Å². The molecule has 2 heteroatoms. The minimum atomic E-state index is 0.747. The normalized spacial score (nSPS) is 41.5. The average Bonchev–Trinajstić information content (AvgIpc) is 2.60. The largest absolute Gasteiger partial charge is 0.297 e. The molecule has 2 heterocycles. The molecule has 0 aromatic carbocycles. The van der Waals surface area contributed by atoms with E-state index in [4.69, 9.17) is 0 Å². The predicted octanol–water partition coefficient (Wildman–Crippen LogP) is 2.56. The van der Waals surface area contributed by atoms with Gasteiger partial charge in [-0.15, -0.1) is 8.58 Å². The Balaban J connectivity index is 2.07. The number of rotatable bonds is 2. The minimum absolute atomic E-state index is 0.747. The third kappa shape index (κ3) is 1.78. The molecule has 2 aliphatic heterocycles.